The van der Waals surface area contributed by atoms with Crippen molar-refractivity contribution in [2.24, 2.45) is 0 Å². The minimum absolute atomic E-state index is 0.106. The first-order valence-electron chi connectivity index (χ1n) is 9.13. The monoisotopic (exact) mass is 364 g/mol. The summed E-state index contributed by atoms with van der Waals surface area (Å²) >= 11 is 0. The van der Waals surface area contributed by atoms with Crippen LogP contribution in [0.3, 0.4) is 0 Å². The standard InChI is InChI=1S/C18H20N8O/c1-11-7-20-14(8-19-11)18(27)24(2)13-9-25(10-13)16-6-5-15-21-22-17(12-3-4-12)26(15)23-16/h5-8,12-13H,3-4,9-10H2,1-2H3. The molecule has 3 aromatic heterocycles. The van der Waals surface area contributed by atoms with Gasteiger partial charge in [-0.1, -0.05) is 0 Å². The molecule has 1 amide bonds. The van der Waals surface area contributed by atoms with Crippen molar-refractivity contribution in [3.63, 3.8) is 0 Å². The highest BCUT2D eigenvalue weighted by Gasteiger charge is 2.35. The second kappa shape index (κ2) is 5.97. The van der Waals surface area contributed by atoms with E-state index >= 15 is 0 Å². The SMILES string of the molecule is Cc1cnc(C(=O)N(C)C2CN(c3ccc4nnc(C5CC5)n4n3)C2)cn1. The molecule has 2 aliphatic rings. The minimum atomic E-state index is -0.106. The lowest BCUT2D eigenvalue weighted by Gasteiger charge is -2.44. The van der Waals surface area contributed by atoms with Gasteiger partial charge < -0.3 is 9.80 Å². The maximum absolute atomic E-state index is 12.6. The number of likely N-dealkylation sites (N-methyl/N-ethyl adjacent to an activating group) is 1. The van der Waals surface area contributed by atoms with E-state index in [1.165, 1.54) is 6.20 Å². The Kier molecular flexibility index (Phi) is 3.56. The summed E-state index contributed by atoms with van der Waals surface area (Å²) in [6.07, 6.45) is 5.47. The first-order valence-corrected chi connectivity index (χ1v) is 9.13. The average molecular weight is 364 g/mol. The fourth-order valence-corrected chi connectivity index (χ4v) is 3.30. The molecule has 1 aliphatic carbocycles. The Labute approximate surface area is 156 Å². The van der Waals surface area contributed by atoms with Crippen LogP contribution in [-0.4, -0.2) is 66.8 Å². The van der Waals surface area contributed by atoms with Crippen LogP contribution in [0.25, 0.3) is 5.65 Å². The largest absolute Gasteiger partial charge is 0.351 e. The fourth-order valence-electron chi connectivity index (χ4n) is 3.30. The van der Waals surface area contributed by atoms with Crippen molar-refractivity contribution in [3.05, 3.63) is 41.7 Å². The van der Waals surface area contributed by atoms with Crippen molar-refractivity contribution in [2.45, 2.75) is 31.7 Å². The summed E-state index contributed by atoms with van der Waals surface area (Å²) in [6, 6.07) is 4.04. The maximum atomic E-state index is 12.6. The van der Waals surface area contributed by atoms with Gasteiger partial charge in [0.05, 0.1) is 17.9 Å². The molecule has 4 heterocycles. The molecule has 9 heteroatoms. The predicted octanol–water partition coefficient (Wildman–Crippen LogP) is 1.06. The molecule has 1 saturated heterocycles. The lowest BCUT2D eigenvalue weighted by atomic mass is 10.1. The summed E-state index contributed by atoms with van der Waals surface area (Å²) in [5.41, 5.74) is 1.95. The van der Waals surface area contributed by atoms with Crippen LogP contribution in [0.2, 0.25) is 0 Å². The quantitative estimate of drug-likeness (QED) is 0.683. The Morgan fingerprint density at radius 1 is 1.15 bits per heavy atom. The summed E-state index contributed by atoms with van der Waals surface area (Å²) in [6.45, 7) is 3.32. The van der Waals surface area contributed by atoms with Gasteiger partial charge in [-0.05, 0) is 31.9 Å². The highest BCUT2D eigenvalue weighted by atomic mass is 16.2. The van der Waals surface area contributed by atoms with Gasteiger partial charge in [-0.3, -0.25) is 9.78 Å². The summed E-state index contributed by atoms with van der Waals surface area (Å²) in [4.78, 5) is 24.8. The molecule has 0 N–H and O–H groups in total. The normalized spacial score (nSPS) is 17.2. The lowest BCUT2D eigenvalue weighted by Crippen LogP contribution is -2.60. The van der Waals surface area contributed by atoms with E-state index in [1.807, 2.05) is 30.6 Å². The number of carbonyl (C=O) groups excluding carboxylic acids is 1. The molecule has 5 rings (SSSR count). The molecule has 9 nitrogen and oxygen atoms in total. The molecule has 0 bridgehead atoms. The van der Waals surface area contributed by atoms with Crippen molar-refractivity contribution < 1.29 is 4.79 Å². The van der Waals surface area contributed by atoms with Crippen molar-refractivity contribution >= 4 is 17.4 Å². The smallest absolute Gasteiger partial charge is 0.274 e. The van der Waals surface area contributed by atoms with Crippen LogP contribution in [0.5, 0.6) is 0 Å². The van der Waals surface area contributed by atoms with Gasteiger partial charge in [-0.15, -0.1) is 15.3 Å². The van der Waals surface area contributed by atoms with Gasteiger partial charge in [-0.25, -0.2) is 4.98 Å². The molecular weight excluding hydrogens is 344 g/mol. The van der Waals surface area contributed by atoms with E-state index in [4.69, 9.17) is 5.10 Å². The topological polar surface area (TPSA) is 92.4 Å². The summed E-state index contributed by atoms with van der Waals surface area (Å²) in [5, 5.41) is 13.2. The molecule has 0 spiro atoms. The number of rotatable bonds is 4. The van der Waals surface area contributed by atoms with Crippen LogP contribution in [0.15, 0.2) is 24.5 Å². The molecule has 3 aromatic rings. The highest BCUT2D eigenvalue weighted by Crippen LogP contribution is 2.38. The number of carbonyl (C=O) groups is 1. The summed E-state index contributed by atoms with van der Waals surface area (Å²) < 4.78 is 1.86. The average Bonchev–Trinajstić information content (AvgIpc) is 3.40. The third-order valence-electron chi connectivity index (χ3n) is 5.27. The zero-order valence-corrected chi connectivity index (χ0v) is 15.3. The van der Waals surface area contributed by atoms with Crippen LogP contribution in [0, 0.1) is 6.92 Å². The number of aryl methyl sites for hydroxylation is 1. The summed E-state index contributed by atoms with van der Waals surface area (Å²) in [7, 11) is 1.81. The second-order valence-electron chi connectivity index (χ2n) is 7.31. The molecule has 0 radical (unpaired) electrons. The Morgan fingerprint density at radius 2 is 1.96 bits per heavy atom. The van der Waals surface area contributed by atoms with Crippen LogP contribution in [0.4, 0.5) is 5.82 Å². The van der Waals surface area contributed by atoms with Crippen LogP contribution in [0.1, 0.15) is 40.8 Å². The first-order chi connectivity index (χ1) is 13.1. The molecule has 1 saturated carbocycles. The number of hydrogen-bond donors (Lipinski definition) is 0. The van der Waals surface area contributed by atoms with E-state index < -0.39 is 0 Å². The Morgan fingerprint density at radius 3 is 2.67 bits per heavy atom. The lowest BCUT2D eigenvalue weighted by molar-refractivity contribution is 0.0698. The van der Waals surface area contributed by atoms with E-state index in [-0.39, 0.29) is 11.9 Å². The van der Waals surface area contributed by atoms with Gasteiger partial charge in [0.1, 0.15) is 11.5 Å². The number of fused-ring (bicyclic) bond motifs is 1. The Hall–Kier alpha value is -3.10. The van der Waals surface area contributed by atoms with Crippen molar-refractivity contribution in [1.82, 2.24) is 34.7 Å². The molecule has 0 aromatic carbocycles. The van der Waals surface area contributed by atoms with Gasteiger partial charge in [0.25, 0.3) is 5.91 Å². The number of hydrogen-bond acceptors (Lipinski definition) is 7. The third kappa shape index (κ3) is 2.79. The molecule has 138 valence electrons. The highest BCUT2D eigenvalue weighted by molar-refractivity contribution is 5.92. The summed E-state index contributed by atoms with van der Waals surface area (Å²) in [5.74, 6) is 2.22. The van der Waals surface area contributed by atoms with E-state index in [0.717, 1.165) is 48.9 Å². The van der Waals surface area contributed by atoms with Crippen LogP contribution in [-0.2, 0) is 0 Å². The molecule has 2 fully saturated rings. The van der Waals surface area contributed by atoms with E-state index in [9.17, 15) is 4.79 Å². The maximum Gasteiger partial charge on any atom is 0.274 e. The number of aromatic nitrogens is 6. The third-order valence-corrected chi connectivity index (χ3v) is 5.27. The molecule has 1 aliphatic heterocycles. The van der Waals surface area contributed by atoms with Gasteiger partial charge >= 0.3 is 0 Å². The first kappa shape index (κ1) is 16.1. The Balaban J connectivity index is 1.28. The minimum Gasteiger partial charge on any atom is -0.351 e. The Bertz CT molecular complexity index is 1000. The van der Waals surface area contributed by atoms with E-state index in [2.05, 4.69) is 25.1 Å². The van der Waals surface area contributed by atoms with Gasteiger partial charge in [0.15, 0.2) is 11.5 Å². The predicted molar refractivity (Wildman–Crippen MR) is 97.6 cm³/mol. The fraction of sp³-hybridized carbons (Fsp3) is 0.444. The van der Waals surface area contributed by atoms with Gasteiger partial charge in [0, 0.05) is 32.3 Å². The zero-order chi connectivity index (χ0) is 18.5. The van der Waals surface area contributed by atoms with Gasteiger partial charge in [-0.2, -0.15) is 4.52 Å². The van der Waals surface area contributed by atoms with Gasteiger partial charge in [0.2, 0.25) is 0 Å². The van der Waals surface area contributed by atoms with Crippen molar-refractivity contribution in [3.8, 4) is 0 Å². The number of anilines is 1. The molecular formula is C18H20N8O. The zero-order valence-electron chi connectivity index (χ0n) is 15.3. The van der Waals surface area contributed by atoms with Crippen LogP contribution < -0.4 is 4.90 Å². The van der Waals surface area contributed by atoms with Crippen LogP contribution >= 0.6 is 0 Å². The molecule has 0 atom stereocenters. The van der Waals surface area contributed by atoms with Crippen molar-refractivity contribution in [2.75, 3.05) is 25.0 Å². The molecule has 27 heavy (non-hydrogen) atoms. The van der Waals surface area contributed by atoms with E-state index in [0.29, 0.717) is 11.6 Å². The number of amides is 1. The second-order valence-corrected chi connectivity index (χ2v) is 7.31. The van der Waals surface area contributed by atoms with Crippen molar-refractivity contribution in [1.29, 1.82) is 0 Å². The molecule has 0 unspecified atom stereocenters. The number of nitrogens with zero attached hydrogens (tertiary/aromatic N) is 8. The van der Waals surface area contributed by atoms with E-state index in [1.54, 1.807) is 11.1 Å².